The molecule has 0 bridgehead atoms. The van der Waals surface area contributed by atoms with Gasteiger partial charge in [-0.3, -0.25) is 4.68 Å². The summed E-state index contributed by atoms with van der Waals surface area (Å²) in [6.07, 6.45) is 1.81. The molecule has 0 aliphatic carbocycles. The average Bonchev–Trinajstić information content (AvgIpc) is 2.79. The Kier molecular flexibility index (Phi) is 5.08. The van der Waals surface area contributed by atoms with Gasteiger partial charge in [-0.15, -0.1) is 0 Å². The predicted molar refractivity (Wildman–Crippen MR) is 84.4 cm³/mol. The van der Waals surface area contributed by atoms with Gasteiger partial charge >= 0.3 is 0 Å². The molecule has 0 amide bonds. The largest absolute Gasteiger partial charge is 0.326 e. The van der Waals surface area contributed by atoms with Crippen molar-refractivity contribution in [2.45, 2.75) is 39.8 Å². The van der Waals surface area contributed by atoms with Crippen molar-refractivity contribution in [3.8, 4) is 0 Å². The van der Waals surface area contributed by atoms with Gasteiger partial charge in [0.05, 0.1) is 22.3 Å². The molecule has 2 N–H and O–H groups in total. The van der Waals surface area contributed by atoms with Crippen molar-refractivity contribution in [3.63, 3.8) is 0 Å². The van der Waals surface area contributed by atoms with Gasteiger partial charge in [-0.1, -0.05) is 43.1 Å². The van der Waals surface area contributed by atoms with E-state index >= 15 is 0 Å². The van der Waals surface area contributed by atoms with Crippen LogP contribution in [0.5, 0.6) is 0 Å². The highest BCUT2D eigenvalue weighted by atomic mass is 35.5. The molecule has 0 atom stereocenters. The van der Waals surface area contributed by atoms with Gasteiger partial charge in [0.15, 0.2) is 0 Å². The molecule has 1 aromatic heterocycles. The Morgan fingerprint density at radius 3 is 2.45 bits per heavy atom. The summed E-state index contributed by atoms with van der Waals surface area (Å²) < 4.78 is 2.03. The van der Waals surface area contributed by atoms with Gasteiger partial charge in [0, 0.05) is 17.8 Å². The summed E-state index contributed by atoms with van der Waals surface area (Å²) in [6.45, 7) is 5.45. The number of nitrogens with zero attached hydrogens (tertiary/aromatic N) is 2. The molecular weight excluding hydrogens is 293 g/mol. The molecule has 1 aromatic carbocycles. The first-order chi connectivity index (χ1) is 9.60. The molecule has 0 fully saturated rings. The fourth-order valence-electron chi connectivity index (χ4n) is 2.45. The Labute approximate surface area is 129 Å². The highest BCUT2D eigenvalue weighted by Crippen LogP contribution is 2.24. The molecule has 108 valence electrons. The van der Waals surface area contributed by atoms with Crippen LogP contribution >= 0.6 is 23.2 Å². The monoisotopic (exact) mass is 311 g/mol. The minimum absolute atomic E-state index is 0.535. The number of halogens is 2. The standard InChI is InChI=1S/C15H19Cl2N3/c1-3-14-11(8-18)15(4-2)20(19-14)9-10-5-6-12(16)13(17)7-10/h5-7H,3-4,8-9,18H2,1-2H3. The van der Waals surface area contributed by atoms with Crippen LogP contribution in [0, 0.1) is 0 Å². The molecule has 0 aliphatic heterocycles. The van der Waals surface area contributed by atoms with Crippen molar-refractivity contribution in [1.29, 1.82) is 0 Å². The van der Waals surface area contributed by atoms with Crippen LogP contribution in [0.1, 0.15) is 36.4 Å². The minimum Gasteiger partial charge on any atom is -0.326 e. The Hall–Kier alpha value is -1.03. The van der Waals surface area contributed by atoms with Crippen molar-refractivity contribution in [3.05, 3.63) is 50.8 Å². The summed E-state index contributed by atoms with van der Waals surface area (Å²) in [6, 6.07) is 5.68. The Morgan fingerprint density at radius 1 is 1.15 bits per heavy atom. The molecule has 3 nitrogen and oxygen atoms in total. The van der Waals surface area contributed by atoms with E-state index < -0.39 is 0 Å². The summed E-state index contributed by atoms with van der Waals surface area (Å²) in [4.78, 5) is 0. The normalized spacial score (nSPS) is 11.1. The summed E-state index contributed by atoms with van der Waals surface area (Å²) in [5.41, 5.74) is 10.4. The van der Waals surface area contributed by atoms with Crippen LogP contribution in [0.15, 0.2) is 18.2 Å². The summed E-state index contributed by atoms with van der Waals surface area (Å²) in [7, 11) is 0. The first kappa shape index (κ1) is 15.4. The second-order valence-electron chi connectivity index (χ2n) is 4.69. The Balaban J connectivity index is 2.37. The lowest BCUT2D eigenvalue weighted by Gasteiger charge is -2.08. The van der Waals surface area contributed by atoms with Gasteiger partial charge in [0.2, 0.25) is 0 Å². The maximum atomic E-state index is 6.06. The van der Waals surface area contributed by atoms with Crippen LogP contribution in [0.3, 0.4) is 0 Å². The van der Waals surface area contributed by atoms with Gasteiger partial charge in [0.25, 0.3) is 0 Å². The zero-order valence-corrected chi connectivity index (χ0v) is 13.3. The van der Waals surface area contributed by atoms with Crippen LogP contribution in [-0.2, 0) is 25.9 Å². The average molecular weight is 312 g/mol. The fourth-order valence-corrected chi connectivity index (χ4v) is 2.77. The molecule has 0 aliphatic rings. The third-order valence-corrected chi connectivity index (χ3v) is 4.18. The predicted octanol–water partition coefficient (Wildman–Crippen LogP) is 3.82. The van der Waals surface area contributed by atoms with Crippen LogP contribution < -0.4 is 5.73 Å². The van der Waals surface area contributed by atoms with Crippen molar-refractivity contribution >= 4 is 23.2 Å². The molecule has 2 rings (SSSR count). The van der Waals surface area contributed by atoms with Crippen LogP contribution in [0.4, 0.5) is 0 Å². The number of hydrogen-bond acceptors (Lipinski definition) is 2. The third-order valence-electron chi connectivity index (χ3n) is 3.44. The van der Waals surface area contributed by atoms with E-state index in [4.69, 9.17) is 28.9 Å². The van der Waals surface area contributed by atoms with Gasteiger partial charge in [-0.05, 0) is 30.5 Å². The highest BCUT2D eigenvalue weighted by Gasteiger charge is 2.14. The van der Waals surface area contributed by atoms with E-state index in [1.54, 1.807) is 0 Å². The lowest BCUT2D eigenvalue weighted by molar-refractivity contribution is 0.639. The van der Waals surface area contributed by atoms with Crippen LogP contribution in [0.2, 0.25) is 10.0 Å². The van der Waals surface area contributed by atoms with Gasteiger partial charge in [-0.2, -0.15) is 5.10 Å². The second kappa shape index (κ2) is 6.61. The molecule has 2 aromatic rings. The third kappa shape index (κ3) is 3.00. The lowest BCUT2D eigenvalue weighted by atomic mass is 10.1. The number of aromatic nitrogens is 2. The molecule has 0 saturated carbocycles. The molecule has 5 heteroatoms. The summed E-state index contributed by atoms with van der Waals surface area (Å²) in [5, 5.41) is 5.82. The van der Waals surface area contributed by atoms with E-state index in [0.717, 1.165) is 24.1 Å². The van der Waals surface area contributed by atoms with E-state index in [1.165, 1.54) is 11.3 Å². The number of benzene rings is 1. The van der Waals surface area contributed by atoms with Crippen molar-refractivity contribution < 1.29 is 0 Å². The first-order valence-corrected chi connectivity index (χ1v) is 7.57. The number of rotatable bonds is 5. The SMILES string of the molecule is CCc1nn(Cc2ccc(Cl)c(Cl)c2)c(CC)c1CN. The summed E-state index contributed by atoms with van der Waals surface area (Å²) in [5.74, 6) is 0. The van der Waals surface area contributed by atoms with Gasteiger partial charge < -0.3 is 5.73 Å². The zero-order valence-electron chi connectivity index (χ0n) is 11.8. The zero-order chi connectivity index (χ0) is 14.7. The number of aryl methyl sites for hydroxylation is 1. The molecule has 0 radical (unpaired) electrons. The van der Waals surface area contributed by atoms with Crippen molar-refractivity contribution in [1.82, 2.24) is 9.78 Å². The number of hydrogen-bond donors (Lipinski definition) is 1. The van der Waals surface area contributed by atoms with Crippen LogP contribution in [0.25, 0.3) is 0 Å². The van der Waals surface area contributed by atoms with Crippen molar-refractivity contribution in [2.75, 3.05) is 0 Å². The number of nitrogens with two attached hydrogens (primary N) is 1. The van der Waals surface area contributed by atoms with E-state index in [0.29, 0.717) is 23.1 Å². The van der Waals surface area contributed by atoms with Crippen LogP contribution in [-0.4, -0.2) is 9.78 Å². The first-order valence-electron chi connectivity index (χ1n) is 6.82. The Morgan fingerprint density at radius 2 is 1.90 bits per heavy atom. The molecule has 0 spiro atoms. The quantitative estimate of drug-likeness (QED) is 0.912. The topological polar surface area (TPSA) is 43.8 Å². The summed E-state index contributed by atoms with van der Waals surface area (Å²) >= 11 is 12.0. The van der Waals surface area contributed by atoms with Gasteiger partial charge in [0.1, 0.15) is 0 Å². The second-order valence-corrected chi connectivity index (χ2v) is 5.50. The molecular formula is C15H19Cl2N3. The van der Waals surface area contributed by atoms with E-state index in [9.17, 15) is 0 Å². The smallest absolute Gasteiger partial charge is 0.0669 e. The van der Waals surface area contributed by atoms with E-state index in [-0.39, 0.29) is 0 Å². The lowest BCUT2D eigenvalue weighted by Crippen LogP contribution is -2.08. The van der Waals surface area contributed by atoms with E-state index in [1.807, 2.05) is 22.9 Å². The molecule has 20 heavy (non-hydrogen) atoms. The molecule has 1 heterocycles. The maximum absolute atomic E-state index is 6.06. The van der Waals surface area contributed by atoms with E-state index in [2.05, 4.69) is 18.9 Å². The Bertz CT molecular complexity index is 605. The minimum atomic E-state index is 0.535. The van der Waals surface area contributed by atoms with Crippen molar-refractivity contribution in [2.24, 2.45) is 5.73 Å². The van der Waals surface area contributed by atoms with Gasteiger partial charge in [-0.25, -0.2) is 0 Å². The molecule has 0 saturated heterocycles. The molecule has 0 unspecified atom stereocenters. The maximum Gasteiger partial charge on any atom is 0.0669 e. The highest BCUT2D eigenvalue weighted by molar-refractivity contribution is 6.42. The fraction of sp³-hybridized carbons (Fsp3) is 0.400.